The molecule has 1 saturated heterocycles. The van der Waals surface area contributed by atoms with Gasteiger partial charge in [0.05, 0.1) is 42.7 Å². The average Bonchev–Trinajstić information content (AvgIpc) is 3.03. The van der Waals surface area contributed by atoms with E-state index >= 15 is 0 Å². The Hall–Kier alpha value is -4.86. The smallest absolute Gasteiger partial charge is 0.246 e. The molecule has 0 radical (unpaired) electrons. The first kappa shape index (κ1) is 31.7. The van der Waals surface area contributed by atoms with Crippen LogP contribution in [0.15, 0.2) is 60.7 Å². The minimum Gasteiger partial charge on any atom is -0.493 e. The first-order valence-corrected chi connectivity index (χ1v) is 13.3. The van der Waals surface area contributed by atoms with Gasteiger partial charge >= 0.3 is 0 Å². The number of nitrogens with zero attached hydrogens (tertiary/aromatic N) is 2. The number of methoxy groups -OCH3 is 6. The fraction of sp³-hybridized carbons (Fsp3) is 0.312. The predicted molar refractivity (Wildman–Crippen MR) is 162 cm³/mol. The molecule has 0 aliphatic carbocycles. The molecule has 0 bridgehead atoms. The maximum absolute atomic E-state index is 12.6. The molecule has 10 nitrogen and oxygen atoms in total. The highest BCUT2D eigenvalue weighted by molar-refractivity contribution is 5.90. The molecule has 1 aliphatic heterocycles. The highest BCUT2D eigenvalue weighted by Gasteiger charge is 2.21. The van der Waals surface area contributed by atoms with Crippen LogP contribution in [-0.4, -0.2) is 90.5 Å². The van der Waals surface area contributed by atoms with E-state index in [9.17, 15) is 9.59 Å². The molecule has 0 unspecified atom stereocenters. The summed E-state index contributed by atoms with van der Waals surface area (Å²) in [6.45, 7) is 1.84. The molecule has 0 N–H and O–H groups in total. The van der Waals surface area contributed by atoms with Crippen molar-refractivity contribution >= 4 is 24.0 Å². The Morgan fingerprint density at radius 2 is 0.833 bits per heavy atom. The molecular weight excluding hydrogens is 540 g/mol. The van der Waals surface area contributed by atoms with Gasteiger partial charge in [0.25, 0.3) is 0 Å². The third-order valence-electron chi connectivity index (χ3n) is 6.55. The highest BCUT2D eigenvalue weighted by Crippen LogP contribution is 2.39. The summed E-state index contributed by atoms with van der Waals surface area (Å²) in [5, 5.41) is 0. The molecule has 224 valence electrons. The summed E-state index contributed by atoms with van der Waals surface area (Å²) >= 11 is 0. The number of amides is 2. The van der Waals surface area contributed by atoms with E-state index in [0.29, 0.717) is 60.7 Å². The zero-order valence-corrected chi connectivity index (χ0v) is 24.9. The first-order valence-electron chi connectivity index (χ1n) is 13.3. The van der Waals surface area contributed by atoms with Crippen molar-refractivity contribution in [3.05, 3.63) is 71.8 Å². The standard InChI is InChI=1S/C32H38N2O8/c1-37-25-19-23(20-26(38-2)31(25)41-5)11-7-9-13-29(35)33-15-17-34(18-16-33)30(36)14-10-8-12-24-21-27(39-3)32(42-6)28(22-24)40-4/h7-14,19-22H,15-18H2,1-6H3. The number of hydrogen-bond donors (Lipinski definition) is 0. The summed E-state index contributed by atoms with van der Waals surface area (Å²) in [5.74, 6) is 3.01. The van der Waals surface area contributed by atoms with E-state index in [0.717, 1.165) is 11.1 Å². The van der Waals surface area contributed by atoms with Crippen LogP contribution in [0.5, 0.6) is 34.5 Å². The molecule has 1 fully saturated rings. The predicted octanol–water partition coefficient (Wildman–Crippen LogP) is 4.25. The van der Waals surface area contributed by atoms with Crippen molar-refractivity contribution in [3.63, 3.8) is 0 Å². The van der Waals surface area contributed by atoms with Crippen molar-refractivity contribution in [2.45, 2.75) is 0 Å². The zero-order chi connectivity index (χ0) is 30.5. The summed E-state index contributed by atoms with van der Waals surface area (Å²) in [5.41, 5.74) is 1.67. The molecule has 0 atom stereocenters. The van der Waals surface area contributed by atoms with Crippen LogP contribution in [0.1, 0.15) is 11.1 Å². The summed E-state index contributed by atoms with van der Waals surface area (Å²) in [6.07, 6.45) is 13.6. The van der Waals surface area contributed by atoms with Crippen LogP contribution >= 0.6 is 0 Å². The Labute approximate surface area is 247 Å². The molecule has 2 amide bonds. The Bertz CT molecular complexity index is 1200. The van der Waals surface area contributed by atoms with E-state index < -0.39 is 0 Å². The maximum atomic E-state index is 12.6. The van der Waals surface area contributed by atoms with Gasteiger partial charge in [-0.3, -0.25) is 9.59 Å². The lowest BCUT2D eigenvalue weighted by Crippen LogP contribution is -2.49. The van der Waals surface area contributed by atoms with Crippen LogP contribution in [0.25, 0.3) is 12.2 Å². The lowest BCUT2D eigenvalue weighted by Gasteiger charge is -2.33. The third-order valence-corrected chi connectivity index (χ3v) is 6.55. The third kappa shape index (κ3) is 8.09. The van der Waals surface area contributed by atoms with Gasteiger partial charge in [0, 0.05) is 38.3 Å². The first-order chi connectivity index (χ1) is 20.4. The number of hydrogen-bond acceptors (Lipinski definition) is 8. The van der Waals surface area contributed by atoms with Gasteiger partial charge in [-0.05, 0) is 35.4 Å². The quantitative estimate of drug-likeness (QED) is 0.273. The van der Waals surface area contributed by atoms with Gasteiger partial charge in [-0.2, -0.15) is 0 Å². The van der Waals surface area contributed by atoms with E-state index in [-0.39, 0.29) is 11.8 Å². The van der Waals surface area contributed by atoms with Crippen LogP contribution < -0.4 is 28.4 Å². The molecule has 1 aliphatic rings. The number of carbonyl (C=O) groups excluding carboxylic acids is 2. The van der Waals surface area contributed by atoms with Gasteiger partial charge in [0.15, 0.2) is 23.0 Å². The van der Waals surface area contributed by atoms with E-state index in [1.165, 1.54) is 12.2 Å². The van der Waals surface area contributed by atoms with Crippen LogP contribution in [-0.2, 0) is 9.59 Å². The minimum atomic E-state index is -0.111. The van der Waals surface area contributed by atoms with Crippen molar-refractivity contribution in [2.75, 3.05) is 68.8 Å². The van der Waals surface area contributed by atoms with Crippen LogP contribution in [0.4, 0.5) is 0 Å². The normalized spacial score (nSPS) is 13.8. The zero-order valence-electron chi connectivity index (χ0n) is 24.9. The summed E-state index contributed by atoms with van der Waals surface area (Å²) in [4.78, 5) is 28.7. The van der Waals surface area contributed by atoms with Gasteiger partial charge < -0.3 is 38.2 Å². The number of allylic oxidation sites excluding steroid dienone is 4. The second kappa shape index (κ2) is 15.8. The van der Waals surface area contributed by atoms with Gasteiger partial charge in [-0.25, -0.2) is 0 Å². The number of benzene rings is 2. The van der Waals surface area contributed by atoms with E-state index in [4.69, 9.17) is 28.4 Å². The number of piperazine rings is 1. The van der Waals surface area contributed by atoms with Crippen molar-refractivity contribution in [2.24, 2.45) is 0 Å². The topological polar surface area (TPSA) is 96.0 Å². The number of rotatable bonds is 12. The van der Waals surface area contributed by atoms with Gasteiger partial charge in [-0.15, -0.1) is 0 Å². The summed E-state index contributed by atoms with van der Waals surface area (Å²) in [6, 6.07) is 7.28. The average molecular weight is 579 g/mol. The van der Waals surface area contributed by atoms with E-state index in [1.807, 2.05) is 36.4 Å². The molecule has 3 rings (SSSR count). The van der Waals surface area contributed by atoms with Crippen LogP contribution in [0.3, 0.4) is 0 Å². The molecular formula is C32H38N2O8. The number of carbonyl (C=O) groups is 2. The Balaban J connectivity index is 1.50. The second-order valence-electron chi connectivity index (χ2n) is 9.00. The van der Waals surface area contributed by atoms with Crippen molar-refractivity contribution in [1.29, 1.82) is 0 Å². The van der Waals surface area contributed by atoms with E-state index in [1.54, 1.807) is 76.8 Å². The maximum Gasteiger partial charge on any atom is 0.246 e. The number of ether oxygens (including phenoxy) is 6. The van der Waals surface area contributed by atoms with Gasteiger partial charge in [0.2, 0.25) is 23.3 Å². The lowest BCUT2D eigenvalue weighted by molar-refractivity contribution is -0.134. The molecule has 1 heterocycles. The SMILES string of the molecule is COc1cc(C=CC=CC(=O)N2CCN(C(=O)C=CC=Cc3cc(OC)c(OC)c(OC)c3)CC2)cc(OC)c1OC. The van der Waals surface area contributed by atoms with Crippen molar-refractivity contribution in [1.82, 2.24) is 9.80 Å². The minimum absolute atomic E-state index is 0.111. The highest BCUT2D eigenvalue weighted by atomic mass is 16.5. The molecule has 10 heteroatoms. The molecule has 2 aromatic carbocycles. The van der Waals surface area contributed by atoms with Crippen molar-refractivity contribution < 1.29 is 38.0 Å². The lowest BCUT2D eigenvalue weighted by atomic mass is 10.1. The Kier molecular flexibility index (Phi) is 11.9. The fourth-order valence-electron chi connectivity index (χ4n) is 4.36. The van der Waals surface area contributed by atoms with Crippen LogP contribution in [0.2, 0.25) is 0 Å². The largest absolute Gasteiger partial charge is 0.493 e. The molecule has 0 aromatic heterocycles. The van der Waals surface area contributed by atoms with Gasteiger partial charge in [0.1, 0.15) is 0 Å². The molecule has 0 spiro atoms. The summed E-state index contributed by atoms with van der Waals surface area (Å²) < 4.78 is 32.2. The molecule has 0 saturated carbocycles. The Morgan fingerprint density at radius 3 is 1.10 bits per heavy atom. The Morgan fingerprint density at radius 1 is 0.524 bits per heavy atom. The van der Waals surface area contributed by atoms with Crippen LogP contribution in [0, 0.1) is 0 Å². The van der Waals surface area contributed by atoms with Gasteiger partial charge in [-0.1, -0.05) is 36.5 Å². The second-order valence-corrected chi connectivity index (χ2v) is 9.00. The molecule has 2 aromatic rings. The van der Waals surface area contributed by atoms with Crippen molar-refractivity contribution in [3.8, 4) is 34.5 Å². The molecule has 42 heavy (non-hydrogen) atoms. The van der Waals surface area contributed by atoms with E-state index in [2.05, 4.69) is 0 Å². The monoisotopic (exact) mass is 578 g/mol. The fourth-order valence-corrected chi connectivity index (χ4v) is 4.36. The summed E-state index contributed by atoms with van der Waals surface area (Å²) in [7, 11) is 9.34.